The standard InChI is InChI=1S/C18H16O3/c1-11-7-8-13(12(2)9-11)16(19)10-17-14-5-3-4-6-15(14)18(20)21-17/h3-9,17H,10H2,1-2H3. The fourth-order valence-electron chi connectivity index (χ4n) is 2.78. The van der Waals surface area contributed by atoms with Crippen LogP contribution in [0.25, 0.3) is 0 Å². The Morgan fingerprint density at radius 2 is 1.90 bits per heavy atom. The van der Waals surface area contributed by atoms with E-state index in [-0.39, 0.29) is 18.2 Å². The van der Waals surface area contributed by atoms with Crippen molar-refractivity contribution in [1.29, 1.82) is 0 Å². The van der Waals surface area contributed by atoms with Gasteiger partial charge >= 0.3 is 5.97 Å². The molecule has 1 aliphatic heterocycles. The molecule has 0 radical (unpaired) electrons. The molecule has 1 atom stereocenters. The first-order valence-electron chi connectivity index (χ1n) is 6.96. The summed E-state index contributed by atoms with van der Waals surface area (Å²) in [7, 11) is 0. The van der Waals surface area contributed by atoms with Gasteiger partial charge < -0.3 is 4.74 Å². The first-order chi connectivity index (χ1) is 10.1. The molecule has 0 aromatic heterocycles. The number of Topliss-reactive ketones (excluding diaryl/α,β-unsaturated/α-hetero) is 1. The van der Waals surface area contributed by atoms with Gasteiger partial charge in [0.15, 0.2) is 5.78 Å². The number of hydrogen-bond acceptors (Lipinski definition) is 3. The normalized spacial score (nSPS) is 16.5. The van der Waals surface area contributed by atoms with Crippen molar-refractivity contribution in [2.24, 2.45) is 0 Å². The van der Waals surface area contributed by atoms with Crippen LogP contribution >= 0.6 is 0 Å². The summed E-state index contributed by atoms with van der Waals surface area (Å²) in [5, 5.41) is 0. The highest BCUT2D eigenvalue weighted by atomic mass is 16.5. The maximum Gasteiger partial charge on any atom is 0.339 e. The second-order valence-corrected chi connectivity index (χ2v) is 5.43. The monoisotopic (exact) mass is 280 g/mol. The minimum atomic E-state index is -0.470. The zero-order chi connectivity index (χ0) is 15.0. The summed E-state index contributed by atoms with van der Waals surface area (Å²) < 4.78 is 5.33. The summed E-state index contributed by atoms with van der Waals surface area (Å²) in [6.07, 6.45) is -0.283. The average Bonchev–Trinajstić information content (AvgIpc) is 2.76. The fraction of sp³-hybridized carbons (Fsp3) is 0.222. The molecule has 0 spiro atoms. The summed E-state index contributed by atoms with van der Waals surface area (Å²) in [4.78, 5) is 24.2. The molecule has 0 saturated carbocycles. The van der Waals surface area contributed by atoms with Crippen molar-refractivity contribution in [2.75, 3.05) is 0 Å². The molecule has 2 aromatic carbocycles. The van der Waals surface area contributed by atoms with Gasteiger partial charge in [-0.05, 0) is 25.5 Å². The third-order valence-electron chi connectivity index (χ3n) is 3.83. The van der Waals surface area contributed by atoms with E-state index in [0.717, 1.165) is 16.7 Å². The molecular weight excluding hydrogens is 264 g/mol. The van der Waals surface area contributed by atoms with Crippen molar-refractivity contribution in [3.05, 3.63) is 70.3 Å². The summed E-state index contributed by atoms with van der Waals surface area (Å²) in [6, 6.07) is 13.0. The van der Waals surface area contributed by atoms with Gasteiger partial charge in [0.2, 0.25) is 0 Å². The molecule has 1 aliphatic rings. The molecule has 0 N–H and O–H groups in total. The van der Waals surface area contributed by atoms with Crippen molar-refractivity contribution in [1.82, 2.24) is 0 Å². The third-order valence-corrected chi connectivity index (χ3v) is 3.83. The molecule has 0 fully saturated rings. The molecule has 3 heteroatoms. The molecule has 21 heavy (non-hydrogen) atoms. The number of rotatable bonds is 3. The Kier molecular flexibility index (Phi) is 3.34. The van der Waals surface area contributed by atoms with Crippen LogP contribution in [0.1, 0.15) is 49.9 Å². The third kappa shape index (κ3) is 2.47. The number of fused-ring (bicyclic) bond motifs is 1. The van der Waals surface area contributed by atoms with Gasteiger partial charge in [0.05, 0.1) is 12.0 Å². The maximum absolute atomic E-state index is 12.5. The van der Waals surface area contributed by atoms with Crippen molar-refractivity contribution in [3.63, 3.8) is 0 Å². The van der Waals surface area contributed by atoms with Crippen LogP contribution in [0.4, 0.5) is 0 Å². The Morgan fingerprint density at radius 1 is 1.14 bits per heavy atom. The number of cyclic esters (lactones) is 1. The van der Waals surface area contributed by atoms with Crippen LogP contribution in [0.3, 0.4) is 0 Å². The first kappa shape index (κ1) is 13.6. The van der Waals surface area contributed by atoms with Gasteiger partial charge in [-0.1, -0.05) is 42.0 Å². The van der Waals surface area contributed by atoms with Crippen LogP contribution in [-0.4, -0.2) is 11.8 Å². The highest BCUT2D eigenvalue weighted by Crippen LogP contribution is 2.33. The van der Waals surface area contributed by atoms with Gasteiger partial charge in [-0.25, -0.2) is 4.79 Å². The Bertz CT molecular complexity index is 731. The van der Waals surface area contributed by atoms with Crippen LogP contribution in [0, 0.1) is 13.8 Å². The van der Waals surface area contributed by atoms with E-state index in [2.05, 4.69) is 0 Å². The van der Waals surface area contributed by atoms with E-state index in [0.29, 0.717) is 11.1 Å². The fourth-order valence-corrected chi connectivity index (χ4v) is 2.78. The van der Waals surface area contributed by atoms with E-state index in [1.807, 2.05) is 44.2 Å². The zero-order valence-corrected chi connectivity index (χ0v) is 12.1. The second-order valence-electron chi connectivity index (χ2n) is 5.43. The lowest BCUT2D eigenvalue weighted by atomic mass is 9.95. The minimum Gasteiger partial charge on any atom is -0.453 e. The number of ether oxygens (including phenoxy) is 1. The number of carbonyl (C=O) groups is 2. The summed E-state index contributed by atoms with van der Waals surface area (Å²) in [5.41, 5.74) is 4.15. The van der Waals surface area contributed by atoms with Crippen molar-refractivity contribution in [3.8, 4) is 0 Å². The molecule has 1 heterocycles. The second kappa shape index (κ2) is 5.17. The number of esters is 1. The number of carbonyl (C=O) groups excluding carboxylic acids is 2. The predicted molar refractivity (Wildman–Crippen MR) is 79.5 cm³/mol. The van der Waals surface area contributed by atoms with Gasteiger partial charge in [-0.15, -0.1) is 0 Å². The highest BCUT2D eigenvalue weighted by Gasteiger charge is 2.32. The van der Waals surface area contributed by atoms with Crippen LogP contribution in [0.2, 0.25) is 0 Å². The molecular formula is C18H16O3. The van der Waals surface area contributed by atoms with Crippen molar-refractivity contribution < 1.29 is 14.3 Å². The van der Waals surface area contributed by atoms with Gasteiger partial charge in [-0.2, -0.15) is 0 Å². The van der Waals surface area contributed by atoms with E-state index < -0.39 is 6.10 Å². The average molecular weight is 280 g/mol. The van der Waals surface area contributed by atoms with E-state index in [9.17, 15) is 9.59 Å². The first-order valence-corrected chi connectivity index (χ1v) is 6.96. The van der Waals surface area contributed by atoms with E-state index in [4.69, 9.17) is 4.74 Å². The smallest absolute Gasteiger partial charge is 0.339 e. The number of aryl methyl sites for hydroxylation is 2. The lowest BCUT2D eigenvalue weighted by molar-refractivity contribution is 0.0367. The molecule has 3 rings (SSSR count). The lowest BCUT2D eigenvalue weighted by Crippen LogP contribution is -2.09. The maximum atomic E-state index is 12.5. The molecule has 1 unspecified atom stereocenters. The summed E-state index contributed by atoms with van der Waals surface area (Å²) in [6.45, 7) is 3.92. The summed E-state index contributed by atoms with van der Waals surface area (Å²) in [5.74, 6) is -0.342. The molecule has 0 bridgehead atoms. The molecule has 3 nitrogen and oxygen atoms in total. The molecule has 2 aromatic rings. The lowest BCUT2D eigenvalue weighted by Gasteiger charge is -2.11. The van der Waals surface area contributed by atoms with Gasteiger partial charge in [0.25, 0.3) is 0 Å². The Hall–Kier alpha value is -2.42. The minimum absolute atomic E-state index is 0.00185. The van der Waals surface area contributed by atoms with Crippen LogP contribution < -0.4 is 0 Å². The Morgan fingerprint density at radius 3 is 2.67 bits per heavy atom. The van der Waals surface area contributed by atoms with Crippen LogP contribution in [0.5, 0.6) is 0 Å². The largest absolute Gasteiger partial charge is 0.453 e. The number of hydrogen-bond donors (Lipinski definition) is 0. The molecule has 0 saturated heterocycles. The Balaban J connectivity index is 1.85. The van der Waals surface area contributed by atoms with Crippen molar-refractivity contribution in [2.45, 2.75) is 26.4 Å². The van der Waals surface area contributed by atoms with Gasteiger partial charge in [0, 0.05) is 11.1 Å². The number of ketones is 1. The quantitative estimate of drug-likeness (QED) is 0.634. The Labute approximate surface area is 123 Å². The molecule has 106 valence electrons. The number of benzene rings is 2. The highest BCUT2D eigenvalue weighted by molar-refractivity contribution is 5.99. The van der Waals surface area contributed by atoms with Gasteiger partial charge in [0.1, 0.15) is 6.10 Å². The summed E-state index contributed by atoms with van der Waals surface area (Å²) >= 11 is 0. The van der Waals surface area contributed by atoms with E-state index in [1.165, 1.54) is 0 Å². The van der Waals surface area contributed by atoms with E-state index >= 15 is 0 Å². The van der Waals surface area contributed by atoms with Crippen LogP contribution in [-0.2, 0) is 4.74 Å². The predicted octanol–water partition coefficient (Wildman–Crippen LogP) is 3.79. The van der Waals surface area contributed by atoms with Gasteiger partial charge in [-0.3, -0.25) is 4.79 Å². The topological polar surface area (TPSA) is 43.4 Å². The van der Waals surface area contributed by atoms with Crippen molar-refractivity contribution >= 4 is 11.8 Å². The van der Waals surface area contributed by atoms with E-state index in [1.54, 1.807) is 12.1 Å². The molecule has 0 aliphatic carbocycles. The molecule has 0 amide bonds. The zero-order valence-electron chi connectivity index (χ0n) is 12.1. The SMILES string of the molecule is Cc1ccc(C(=O)CC2OC(=O)c3ccccc32)c(C)c1. The van der Waals surface area contributed by atoms with Crippen LogP contribution in [0.15, 0.2) is 42.5 Å².